The Morgan fingerprint density at radius 3 is 2.47 bits per heavy atom. The zero-order valence-electron chi connectivity index (χ0n) is 26.3. The zero-order valence-corrected chi connectivity index (χ0v) is 26.3. The second kappa shape index (κ2) is 13.7. The van der Waals surface area contributed by atoms with Crippen LogP contribution in [-0.4, -0.2) is 45.0 Å². The third kappa shape index (κ3) is 7.22. The van der Waals surface area contributed by atoms with Crippen molar-refractivity contribution < 1.29 is 28.6 Å². The standard InChI is InChI=1S/C33H39N5O7/c1-7-8-9-26(31(42)34-22-12-15-24-20(4)25(17-29(39)40)32(43)45-27(24)16-22)38-18-28(36-37-38)33(5,19(2)3)35-30(41)21-10-13-23(44-6)14-11-21/h10-16,18-19,26H,7-9,17H2,1-6H3,(H,34,42)(H,35,41)(H,39,40). The van der Waals surface area contributed by atoms with Gasteiger partial charge in [0.25, 0.3) is 5.91 Å². The molecule has 4 aromatic rings. The number of carbonyl (C=O) groups excluding carboxylic acids is 2. The summed E-state index contributed by atoms with van der Waals surface area (Å²) in [5, 5.41) is 24.5. The van der Waals surface area contributed by atoms with Gasteiger partial charge in [0, 0.05) is 22.7 Å². The minimum atomic E-state index is -1.13. The average molecular weight is 618 g/mol. The molecule has 0 spiro atoms. The van der Waals surface area contributed by atoms with Crippen LogP contribution in [0.15, 0.2) is 57.9 Å². The molecule has 3 N–H and O–H groups in total. The number of carbonyl (C=O) groups is 3. The highest BCUT2D eigenvalue weighted by atomic mass is 16.5. The maximum Gasteiger partial charge on any atom is 0.340 e. The van der Waals surface area contributed by atoms with Crippen LogP contribution < -0.4 is 21.0 Å². The number of unbranched alkanes of at least 4 members (excludes halogenated alkanes) is 1. The Morgan fingerprint density at radius 2 is 1.84 bits per heavy atom. The van der Waals surface area contributed by atoms with Crippen molar-refractivity contribution in [1.29, 1.82) is 0 Å². The molecular weight excluding hydrogens is 578 g/mol. The number of nitrogens with zero attached hydrogens (tertiary/aromatic N) is 3. The van der Waals surface area contributed by atoms with Gasteiger partial charge in [0.2, 0.25) is 5.91 Å². The predicted molar refractivity (Wildman–Crippen MR) is 168 cm³/mol. The number of aromatic nitrogens is 3. The van der Waals surface area contributed by atoms with Crippen molar-refractivity contribution in [2.24, 2.45) is 5.92 Å². The molecule has 0 aliphatic rings. The van der Waals surface area contributed by atoms with E-state index in [1.54, 1.807) is 62.7 Å². The number of carboxylic acid groups (broad SMARTS) is 1. The summed E-state index contributed by atoms with van der Waals surface area (Å²) in [6.07, 6.45) is 3.35. The van der Waals surface area contributed by atoms with Crippen LogP contribution in [0.3, 0.4) is 0 Å². The maximum atomic E-state index is 13.6. The van der Waals surface area contributed by atoms with Gasteiger partial charge in [-0.3, -0.25) is 14.4 Å². The lowest BCUT2D eigenvalue weighted by Crippen LogP contribution is -2.47. The molecule has 238 valence electrons. The molecule has 0 saturated carbocycles. The molecule has 12 heteroatoms. The molecule has 0 radical (unpaired) electrons. The molecule has 2 amide bonds. The monoisotopic (exact) mass is 617 g/mol. The Labute approximate surface area is 260 Å². The minimum Gasteiger partial charge on any atom is -0.497 e. The molecule has 0 aliphatic heterocycles. The van der Waals surface area contributed by atoms with Crippen LogP contribution >= 0.6 is 0 Å². The maximum absolute atomic E-state index is 13.6. The van der Waals surface area contributed by atoms with E-state index >= 15 is 0 Å². The first-order valence-corrected chi connectivity index (χ1v) is 14.9. The van der Waals surface area contributed by atoms with Crippen LogP contribution in [0.5, 0.6) is 5.75 Å². The van der Waals surface area contributed by atoms with Gasteiger partial charge in [0.1, 0.15) is 23.1 Å². The van der Waals surface area contributed by atoms with Crippen LogP contribution in [-0.2, 0) is 21.5 Å². The Kier molecular flexibility index (Phi) is 10.1. The van der Waals surface area contributed by atoms with Gasteiger partial charge in [-0.25, -0.2) is 9.48 Å². The van der Waals surface area contributed by atoms with Crippen molar-refractivity contribution in [2.45, 2.75) is 71.9 Å². The van der Waals surface area contributed by atoms with Crippen molar-refractivity contribution in [2.75, 3.05) is 12.4 Å². The summed E-state index contributed by atoms with van der Waals surface area (Å²) in [7, 11) is 1.56. The van der Waals surface area contributed by atoms with Gasteiger partial charge in [-0.15, -0.1) is 5.10 Å². The fourth-order valence-electron chi connectivity index (χ4n) is 5.06. The number of aryl methyl sites for hydroxylation is 1. The summed E-state index contributed by atoms with van der Waals surface area (Å²) in [5.74, 6) is -1.17. The first kappa shape index (κ1) is 32.9. The lowest BCUT2D eigenvalue weighted by atomic mass is 9.85. The van der Waals surface area contributed by atoms with E-state index in [4.69, 9.17) is 14.3 Å². The molecule has 2 atom stereocenters. The van der Waals surface area contributed by atoms with Gasteiger partial charge in [0.05, 0.1) is 30.8 Å². The lowest BCUT2D eigenvalue weighted by Gasteiger charge is -2.33. The van der Waals surface area contributed by atoms with Gasteiger partial charge in [0.15, 0.2) is 0 Å². The quantitative estimate of drug-likeness (QED) is 0.175. The Balaban J connectivity index is 1.59. The van der Waals surface area contributed by atoms with Crippen LogP contribution in [0.1, 0.15) is 80.2 Å². The van der Waals surface area contributed by atoms with E-state index in [-0.39, 0.29) is 28.9 Å². The Hall–Kier alpha value is -5.00. The van der Waals surface area contributed by atoms with E-state index in [9.17, 15) is 19.2 Å². The van der Waals surface area contributed by atoms with Gasteiger partial charge >= 0.3 is 11.6 Å². The SMILES string of the molecule is CCCCC(C(=O)Nc1ccc2c(C)c(CC(=O)O)c(=O)oc2c1)n1cc(C(C)(NC(=O)c2ccc(OC)cc2)C(C)C)nn1. The van der Waals surface area contributed by atoms with Crippen molar-refractivity contribution in [3.63, 3.8) is 0 Å². The molecule has 0 fully saturated rings. The number of nitrogens with one attached hydrogen (secondary N) is 2. The molecule has 2 aromatic heterocycles. The number of methoxy groups -OCH3 is 1. The first-order valence-electron chi connectivity index (χ1n) is 14.9. The smallest absolute Gasteiger partial charge is 0.340 e. The second-order valence-corrected chi connectivity index (χ2v) is 11.5. The van der Waals surface area contributed by atoms with Crippen LogP contribution in [0, 0.1) is 12.8 Å². The lowest BCUT2D eigenvalue weighted by molar-refractivity contribution is -0.136. The summed E-state index contributed by atoms with van der Waals surface area (Å²) in [4.78, 5) is 50.5. The second-order valence-electron chi connectivity index (χ2n) is 11.5. The number of hydrogen-bond acceptors (Lipinski definition) is 8. The molecule has 0 saturated heterocycles. The molecule has 0 bridgehead atoms. The number of rotatable bonds is 13. The summed E-state index contributed by atoms with van der Waals surface area (Å²) in [6, 6.07) is 11.0. The number of aliphatic carboxylic acids is 1. The fraction of sp³-hybridized carbons (Fsp3) is 0.394. The highest BCUT2D eigenvalue weighted by molar-refractivity contribution is 5.96. The number of ether oxygens (including phenoxy) is 1. The summed E-state index contributed by atoms with van der Waals surface area (Å²) in [5.41, 5.74) is 0.595. The number of amides is 2. The predicted octanol–water partition coefficient (Wildman–Crippen LogP) is 5.00. The number of benzene rings is 2. The molecule has 2 heterocycles. The van der Waals surface area contributed by atoms with E-state index in [1.807, 2.05) is 27.7 Å². The molecule has 2 unspecified atom stereocenters. The topological polar surface area (TPSA) is 166 Å². The Morgan fingerprint density at radius 1 is 1.13 bits per heavy atom. The van der Waals surface area contributed by atoms with Gasteiger partial charge in [-0.1, -0.05) is 38.8 Å². The van der Waals surface area contributed by atoms with Crippen molar-refractivity contribution in [1.82, 2.24) is 20.3 Å². The van der Waals surface area contributed by atoms with E-state index < -0.39 is 29.6 Å². The van der Waals surface area contributed by atoms with E-state index in [0.29, 0.717) is 40.1 Å². The molecule has 4 rings (SSSR count). The van der Waals surface area contributed by atoms with Crippen LogP contribution in [0.4, 0.5) is 5.69 Å². The summed E-state index contributed by atoms with van der Waals surface area (Å²) < 4.78 is 12.1. The molecule has 2 aromatic carbocycles. The van der Waals surface area contributed by atoms with E-state index in [1.165, 1.54) is 4.68 Å². The number of anilines is 1. The van der Waals surface area contributed by atoms with Crippen LogP contribution in [0.25, 0.3) is 11.0 Å². The third-order valence-corrected chi connectivity index (χ3v) is 8.26. The molecule has 12 nitrogen and oxygen atoms in total. The third-order valence-electron chi connectivity index (χ3n) is 8.26. The molecule has 0 aliphatic carbocycles. The van der Waals surface area contributed by atoms with E-state index in [2.05, 4.69) is 20.9 Å². The average Bonchev–Trinajstić information content (AvgIpc) is 3.49. The summed E-state index contributed by atoms with van der Waals surface area (Å²) in [6.45, 7) is 9.51. The van der Waals surface area contributed by atoms with Crippen molar-refractivity contribution in [3.05, 3.63) is 81.5 Å². The number of hydrogen-bond donors (Lipinski definition) is 3. The first-order chi connectivity index (χ1) is 21.4. The van der Waals surface area contributed by atoms with Crippen LogP contribution in [0.2, 0.25) is 0 Å². The number of fused-ring (bicyclic) bond motifs is 1. The minimum absolute atomic E-state index is 0.0699. The van der Waals surface area contributed by atoms with Crippen molar-refractivity contribution >= 4 is 34.4 Å². The van der Waals surface area contributed by atoms with Crippen molar-refractivity contribution in [3.8, 4) is 5.75 Å². The van der Waals surface area contributed by atoms with E-state index in [0.717, 1.165) is 12.8 Å². The normalized spacial score (nSPS) is 13.3. The highest BCUT2D eigenvalue weighted by Crippen LogP contribution is 2.30. The fourth-order valence-corrected chi connectivity index (χ4v) is 5.06. The number of carboxylic acids is 1. The Bertz CT molecular complexity index is 1760. The van der Waals surface area contributed by atoms with Gasteiger partial charge in [-0.2, -0.15) is 0 Å². The van der Waals surface area contributed by atoms with Gasteiger partial charge < -0.3 is 24.9 Å². The molecular formula is C33H39N5O7. The highest BCUT2D eigenvalue weighted by Gasteiger charge is 2.36. The summed E-state index contributed by atoms with van der Waals surface area (Å²) >= 11 is 0. The largest absolute Gasteiger partial charge is 0.497 e. The van der Waals surface area contributed by atoms with Gasteiger partial charge in [-0.05, 0) is 68.1 Å². The molecule has 45 heavy (non-hydrogen) atoms. The zero-order chi connectivity index (χ0) is 32.9.